The number of imidazole rings is 4. The highest BCUT2D eigenvalue weighted by Crippen LogP contribution is 2.48. The van der Waals surface area contributed by atoms with Crippen molar-refractivity contribution in [2.24, 2.45) is 0 Å². The maximum Gasteiger partial charge on any atom is 0.410 e. The quantitative estimate of drug-likeness (QED) is 0.0329. The van der Waals surface area contributed by atoms with E-state index in [1.54, 1.807) is 45.8 Å². The number of methoxy groups -OCH3 is 6. The maximum absolute atomic E-state index is 13.7. The van der Waals surface area contributed by atoms with Gasteiger partial charge in [0.05, 0.1) is 111 Å². The van der Waals surface area contributed by atoms with E-state index < -0.39 is 71.9 Å². The standard InChI is InChI=1S/C45H52N8O9.C41H46N6O5.C7H13NO5/c1-24(58-3)37(50-44(56)60-5)42(54)52-17-7-9-35(52)40-46-21-33(48-40)27-13-15-31-26(19-27)11-16-32-30-14-12-28(20-29(30)23-62-39(31)32)34-22-47-41(49-34)36-10-8-18-53(36)43(55)38(25(2)59-4)51-45(57)61-6;1-40(2,3)51-38(48)46-17-7-9-33(46)36-42-21-31(44-36)25-13-15-29-24(19-25)11-16-30-28-14-12-26(20-27(28)23-50-35(29)30)32-22-43-37(45-32)34-10-8-18-47(34)39(49)52-41(4,5)6;1-4(12-2)5(6(9)10)8-7(11)13-3/h11-16,19-22,24-25,35-38H,7-10,17-18,23H2,1-6H3,(H,46,48)(H,47,49)(H,50,56)(H,51,57);11-16,19-22,33-34H,7-10,17-18,23H2,1-6H3,(H,42,44)(H,43,45);4-5H,1-3H3,(H,8,11)(H,9,10)/t24-,25-,35+,36+,37+,38+;33-,34-;4-,5+/m101/s1. The van der Waals surface area contributed by atoms with E-state index in [1.165, 1.54) is 42.5 Å². The summed E-state index contributed by atoms with van der Waals surface area (Å²) in [6, 6.07) is 30.0. The van der Waals surface area contributed by atoms with Gasteiger partial charge in [-0.25, -0.2) is 48.7 Å². The summed E-state index contributed by atoms with van der Waals surface area (Å²) >= 11 is 0. The Morgan fingerprint density at radius 2 is 0.709 bits per heavy atom. The number of carbonyl (C=O) groups is 8. The van der Waals surface area contributed by atoms with Crippen molar-refractivity contribution < 1.29 is 90.8 Å². The average Bonchev–Trinajstić information content (AvgIpc) is 1.17. The average molecular weight is 1740 g/mol. The third kappa shape index (κ3) is 19.8. The summed E-state index contributed by atoms with van der Waals surface area (Å²) in [6.45, 7) is 19.5. The normalized spacial score (nSPS) is 18.3. The third-order valence-corrected chi connectivity index (χ3v) is 23.9. The first kappa shape index (κ1) is 90.2. The minimum absolute atomic E-state index is 0.137. The summed E-state index contributed by atoms with van der Waals surface area (Å²) in [5.41, 5.74) is 12.7. The fourth-order valence-corrected chi connectivity index (χ4v) is 17.1. The van der Waals surface area contributed by atoms with Gasteiger partial charge in [-0.15, -0.1) is 0 Å². The van der Waals surface area contributed by atoms with Gasteiger partial charge in [0.15, 0.2) is 6.04 Å². The Balaban J connectivity index is 0.000000182. The molecule has 4 saturated heterocycles. The molecule has 10 aromatic rings. The van der Waals surface area contributed by atoms with Gasteiger partial charge in [0.2, 0.25) is 11.8 Å². The fraction of sp³-hybridized carbons (Fsp3) is 0.441. The van der Waals surface area contributed by atoms with E-state index in [1.807, 2.05) is 60.0 Å². The van der Waals surface area contributed by atoms with Gasteiger partial charge in [-0.3, -0.25) is 19.4 Å². The number of carboxylic acid groups (broad SMARTS) is 1. The molecular formula is C93H111N15O19. The Morgan fingerprint density at radius 1 is 0.409 bits per heavy atom. The van der Waals surface area contributed by atoms with Crippen LogP contribution in [0, 0.1) is 0 Å². The number of hydrogen-bond acceptors (Lipinski definition) is 22. The van der Waals surface area contributed by atoms with Crippen molar-refractivity contribution >= 4 is 69.8 Å². The van der Waals surface area contributed by atoms with Crippen LogP contribution in [0.1, 0.15) is 172 Å². The first-order chi connectivity index (χ1) is 60.9. The molecule has 0 radical (unpaired) electrons. The lowest BCUT2D eigenvalue weighted by Crippen LogP contribution is -2.54. The molecule has 0 unspecified atom stereocenters. The van der Waals surface area contributed by atoms with Gasteiger partial charge in [-0.05, 0) is 194 Å². The summed E-state index contributed by atoms with van der Waals surface area (Å²) in [4.78, 5) is 138. The SMILES string of the molecule is CC(C)(C)OC(=O)N1CCC[C@H]1c1ncc(-c2ccc3c(c2)COc2c-3ccc3cc(-c4cnc([C@@H]5CCCN5C(=O)OC(C)(C)C)[nH]4)ccc23)[nH]1.COC(=O)N[C@H](C(=O)N1CCC[C@H]1c1ncc(-c2ccc3c(c2)COc2c-3ccc3cc(-c4cnc([C@@H]5CCCN5C(=O)[C@@H](NC(=O)OC)[C@@H](C)OC)[nH]4)ccc23)[nH]1)[C@@H](C)OC.COC(=O)N[C@H](C(=O)O)[C@@H](C)OC. The van der Waals surface area contributed by atoms with Crippen LogP contribution in [0.2, 0.25) is 0 Å². The third-order valence-electron chi connectivity index (χ3n) is 23.9. The van der Waals surface area contributed by atoms with E-state index in [-0.39, 0.29) is 48.2 Å². The van der Waals surface area contributed by atoms with E-state index in [0.29, 0.717) is 51.0 Å². The van der Waals surface area contributed by atoms with Crippen molar-refractivity contribution in [2.75, 3.05) is 68.8 Å². The molecule has 16 rings (SSSR count). The molecule has 0 spiro atoms. The van der Waals surface area contributed by atoms with Gasteiger partial charge in [-0.2, -0.15) is 0 Å². The zero-order valence-electron chi connectivity index (χ0n) is 74.1. The van der Waals surface area contributed by atoms with Crippen LogP contribution in [-0.2, 0) is 65.5 Å². The molecule has 6 aromatic carbocycles. The number of amides is 7. The molecule has 6 aliphatic rings. The zero-order chi connectivity index (χ0) is 90.4. The molecule has 7 amide bonds. The molecule has 10 atom stereocenters. The minimum atomic E-state index is -1.17. The number of carboxylic acids is 1. The topological polar surface area (TPSA) is 413 Å². The Bertz CT molecular complexity index is 5730. The molecule has 34 heteroatoms. The second kappa shape index (κ2) is 38.4. The first-order valence-electron chi connectivity index (χ1n) is 42.7. The molecule has 4 aromatic heterocycles. The molecule has 6 aliphatic heterocycles. The van der Waals surface area contributed by atoms with Crippen molar-refractivity contribution in [3.63, 3.8) is 0 Å². The summed E-state index contributed by atoms with van der Waals surface area (Å²) in [5, 5.41) is 20.2. The highest BCUT2D eigenvalue weighted by atomic mass is 16.6. The number of aromatic nitrogens is 8. The minimum Gasteiger partial charge on any atom is -0.488 e. The highest BCUT2D eigenvalue weighted by Gasteiger charge is 2.43. The number of likely N-dealkylation sites (tertiary alicyclic amines) is 4. The smallest absolute Gasteiger partial charge is 0.410 e. The summed E-state index contributed by atoms with van der Waals surface area (Å²) in [6.07, 6.45) is 9.29. The molecular weight excluding hydrogens is 1630 g/mol. The van der Waals surface area contributed by atoms with Crippen LogP contribution in [0.5, 0.6) is 11.5 Å². The number of nitrogens with one attached hydrogen (secondary N) is 7. The molecule has 10 heterocycles. The lowest BCUT2D eigenvalue weighted by atomic mass is 9.92. The van der Waals surface area contributed by atoms with Crippen LogP contribution in [0.25, 0.3) is 88.8 Å². The van der Waals surface area contributed by atoms with Gasteiger partial charge in [0.25, 0.3) is 0 Å². The van der Waals surface area contributed by atoms with Gasteiger partial charge < -0.3 is 98.2 Å². The first-order valence-corrected chi connectivity index (χ1v) is 42.7. The highest BCUT2D eigenvalue weighted by molar-refractivity contribution is 6.00. The lowest BCUT2D eigenvalue weighted by Gasteiger charge is -2.30. The molecule has 0 aliphatic carbocycles. The van der Waals surface area contributed by atoms with E-state index in [9.17, 15) is 38.4 Å². The molecule has 0 saturated carbocycles. The van der Waals surface area contributed by atoms with E-state index >= 15 is 0 Å². The predicted octanol–water partition coefficient (Wildman–Crippen LogP) is 15.2. The number of nitrogens with zero attached hydrogens (tertiary/aromatic N) is 8. The number of ether oxygens (including phenoxy) is 10. The molecule has 127 heavy (non-hydrogen) atoms. The molecule has 672 valence electrons. The van der Waals surface area contributed by atoms with E-state index in [0.717, 1.165) is 182 Å². The molecule has 4 fully saturated rings. The number of alkyl carbamates (subject to hydrolysis) is 3. The van der Waals surface area contributed by atoms with Crippen LogP contribution < -0.4 is 25.4 Å². The Morgan fingerprint density at radius 3 is 1.03 bits per heavy atom. The van der Waals surface area contributed by atoms with Crippen molar-refractivity contribution in [3.05, 3.63) is 156 Å². The van der Waals surface area contributed by atoms with Gasteiger partial charge in [-0.1, -0.05) is 60.7 Å². The second-order valence-electron chi connectivity index (χ2n) is 34.4. The number of hydrogen-bond donors (Lipinski definition) is 8. The van der Waals surface area contributed by atoms with Crippen molar-refractivity contribution in [1.82, 2.24) is 75.4 Å². The van der Waals surface area contributed by atoms with Gasteiger partial charge >= 0.3 is 36.4 Å². The lowest BCUT2D eigenvalue weighted by molar-refractivity contribution is -0.142. The predicted molar refractivity (Wildman–Crippen MR) is 470 cm³/mol. The number of fused-ring (bicyclic) bond motifs is 10. The van der Waals surface area contributed by atoms with Crippen molar-refractivity contribution in [1.29, 1.82) is 0 Å². The van der Waals surface area contributed by atoms with E-state index in [2.05, 4.69) is 132 Å². The van der Waals surface area contributed by atoms with Crippen molar-refractivity contribution in [3.8, 4) is 78.8 Å². The Labute approximate surface area is 735 Å². The summed E-state index contributed by atoms with van der Waals surface area (Å²) in [5.74, 6) is 2.92. The Hall–Kier alpha value is -13.1. The number of aliphatic carboxylic acids is 1. The number of carbonyl (C=O) groups excluding carboxylic acids is 7. The summed E-state index contributed by atoms with van der Waals surface area (Å²) in [7, 11) is 8.03. The number of H-pyrrole nitrogens is 4. The molecule has 0 bridgehead atoms. The van der Waals surface area contributed by atoms with E-state index in [4.69, 9.17) is 67.7 Å². The number of benzene rings is 6. The summed E-state index contributed by atoms with van der Waals surface area (Å²) < 4.78 is 53.6. The molecule has 8 N–H and O–H groups in total. The Kier molecular flexibility index (Phi) is 27.3. The fourth-order valence-electron chi connectivity index (χ4n) is 17.1. The van der Waals surface area contributed by atoms with Crippen LogP contribution in [0.15, 0.2) is 122 Å². The molecule has 34 nitrogen and oxygen atoms in total. The zero-order valence-corrected chi connectivity index (χ0v) is 74.1. The van der Waals surface area contributed by atoms with Crippen LogP contribution >= 0.6 is 0 Å². The van der Waals surface area contributed by atoms with Crippen molar-refractivity contribution in [2.45, 2.75) is 199 Å². The number of aromatic amines is 4. The van der Waals surface area contributed by atoms with Gasteiger partial charge in [0.1, 0.15) is 71.3 Å². The monoisotopic (exact) mass is 1740 g/mol. The largest absolute Gasteiger partial charge is 0.488 e. The van der Waals surface area contributed by atoms with Gasteiger partial charge in [0, 0.05) is 80.5 Å². The van der Waals surface area contributed by atoms with Crippen LogP contribution in [0.3, 0.4) is 0 Å². The van der Waals surface area contributed by atoms with Crippen LogP contribution in [-0.4, -0.2) is 229 Å². The second-order valence-corrected chi connectivity index (χ2v) is 34.4. The maximum atomic E-state index is 13.7. The van der Waals surface area contributed by atoms with Crippen LogP contribution in [0.4, 0.5) is 24.0 Å². The number of rotatable bonds is 20.